The highest BCUT2D eigenvalue weighted by Gasteiger charge is 2.32. The van der Waals surface area contributed by atoms with Crippen LogP contribution < -0.4 is 0 Å². The van der Waals surface area contributed by atoms with Crippen LogP contribution in [0, 0.1) is 0 Å². The number of amides is 1. The lowest BCUT2D eigenvalue weighted by molar-refractivity contribution is -0.151. The number of carboxylic acids is 1. The number of hydrogen-bond acceptors (Lipinski definition) is 4. The van der Waals surface area contributed by atoms with Crippen molar-refractivity contribution in [3.63, 3.8) is 0 Å². The Morgan fingerprint density at radius 3 is 2.71 bits per heavy atom. The number of rotatable bonds is 3. The largest absolute Gasteiger partial charge is 0.480 e. The van der Waals surface area contributed by atoms with Gasteiger partial charge in [0.25, 0.3) is 0 Å². The first-order chi connectivity index (χ1) is 9.79. The highest BCUT2D eigenvalue weighted by Crippen LogP contribution is 2.26. The first kappa shape index (κ1) is 15.9. The fourth-order valence-corrected chi connectivity index (χ4v) is 3.38. The molecule has 0 aromatic carbocycles. The minimum absolute atomic E-state index is 0.0271. The second-order valence-corrected chi connectivity index (χ2v) is 7.37. The molecule has 0 radical (unpaired) electrons. The van der Waals surface area contributed by atoms with Gasteiger partial charge < -0.3 is 10.0 Å². The standard InChI is InChI=1S/C15H22N2O3S/c1-15(2,3)14-16-10(9-21-14)8-12(18)17-7-5-4-6-11(17)13(19)20/h9,11H,4-8H2,1-3H3,(H,19,20)/t11-/m1/s1. The Kier molecular flexibility index (Phi) is 4.66. The summed E-state index contributed by atoms with van der Waals surface area (Å²) in [5.41, 5.74) is 0.713. The van der Waals surface area contributed by atoms with Crippen molar-refractivity contribution in [1.82, 2.24) is 9.88 Å². The van der Waals surface area contributed by atoms with Gasteiger partial charge in [0.05, 0.1) is 17.1 Å². The van der Waals surface area contributed by atoms with Crippen LogP contribution in [-0.4, -0.2) is 39.5 Å². The molecule has 1 amide bonds. The fraction of sp³-hybridized carbons (Fsp3) is 0.667. The molecule has 1 aliphatic heterocycles. The molecule has 21 heavy (non-hydrogen) atoms. The SMILES string of the molecule is CC(C)(C)c1nc(CC(=O)N2CCCC[C@@H]2C(=O)O)cs1. The average molecular weight is 310 g/mol. The summed E-state index contributed by atoms with van der Waals surface area (Å²) in [6, 6.07) is -0.674. The van der Waals surface area contributed by atoms with Gasteiger partial charge in [-0.25, -0.2) is 9.78 Å². The van der Waals surface area contributed by atoms with Gasteiger partial charge in [0.2, 0.25) is 5.91 Å². The van der Waals surface area contributed by atoms with E-state index in [1.807, 2.05) is 5.38 Å². The van der Waals surface area contributed by atoms with Crippen LogP contribution >= 0.6 is 11.3 Å². The van der Waals surface area contributed by atoms with E-state index in [9.17, 15) is 14.7 Å². The molecular formula is C15H22N2O3S. The maximum Gasteiger partial charge on any atom is 0.326 e. The topological polar surface area (TPSA) is 70.5 Å². The van der Waals surface area contributed by atoms with Crippen molar-refractivity contribution in [3.8, 4) is 0 Å². The van der Waals surface area contributed by atoms with E-state index in [0.717, 1.165) is 23.5 Å². The molecule has 2 rings (SSSR count). The quantitative estimate of drug-likeness (QED) is 0.931. The maximum atomic E-state index is 12.4. The number of aromatic nitrogens is 1. The van der Waals surface area contributed by atoms with Crippen LogP contribution in [0.2, 0.25) is 0 Å². The van der Waals surface area contributed by atoms with Crippen molar-refractivity contribution in [2.75, 3.05) is 6.54 Å². The van der Waals surface area contributed by atoms with E-state index in [2.05, 4.69) is 25.8 Å². The van der Waals surface area contributed by atoms with Crippen LogP contribution in [0.5, 0.6) is 0 Å². The van der Waals surface area contributed by atoms with E-state index in [1.165, 1.54) is 4.90 Å². The molecule has 116 valence electrons. The first-order valence-corrected chi connectivity index (χ1v) is 8.14. The van der Waals surface area contributed by atoms with E-state index in [-0.39, 0.29) is 17.7 Å². The van der Waals surface area contributed by atoms with Crippen LogP contribution in [0.1, 0.15) is 50.7 Å². The predicted octanol–water partition coefficient (Wildman–Crippen LogP) is 2.45. The third-order valence-corrected chi connectivity index (χ3v) is 4.95. The number of thiazole rings is 1. The number of piperidine rings is 1. The van der Waals surface area contributed by atoms with E-state index in [4.69, 9.17) is 0 Å². The molecule has 6 heteroatoms. The van der Waals surface area contributed by atoms with Crippen LogP contribution in [0.25, 0.3) is 0 Å². The molecule has 5 nitrogen and oxygen atoms in total. The van der Waals surface area contributed by atoms with Gasteiger partial charge >= 0.3 is 5.97 Å². The van der Waals surface area contributed by atoms with Crippen molar-refractivity contribution < 1.29 is 14.7 Å². The number of hydrogen-bond donors (Lipinski definition) is 1. The lowest BCUT2D eigenvalue weighted by Gasteiger charge is -2.32. The van der Waals surface area contributed by atoms with Crippen molar-refractivity contribution in [3.05, 3.63) is 16.1 Å². The molecule has 0 aliphatic carbocycles. The molecule has 1 N–H and O–H groups in total. The molecule has 2 heterocycles. The third kappa shape index (κ3) is 3.81. The first-order valence-electron chi connectivity index (χ1n) is 7.26. The van der Waals surface area contributed by atoms with Crippen LogP contribution in [0.3, 0.4) is 0 Å². The summed E-state index contributed by atoms with van der Waals surface area (Å²) in [5, 5.41) is 12.1. The summed E-state index contributed by atoms with van der Waals surface area (Å²) < 4.78 is 0. The Balaban J connectivity index is 2.06. The molecule has 1 aliphatic rings. The summed E-state index contributed by atoms with van der Waals surface area (Å²) in [7, 11) is 0. The van der Waals surface area contributed by atoms with Gasteiger partial charge in [-0.15, -0.1) is 11.3 Å². The van der Waals surface area contributed by atoms with Gasteiger partial charge in [-0.2, -0.15) is 0 Å². The number of carbonyl (C=O) groups is 2. The van der Waals surface area contributed by atoms with Crippen molar-refractivity contribution in [1.29, 1.82) is 0 Å². The number of nitrogens with zero attached hydrogens (tertiary/aromatic N) is 2. The number of likely N-dealkylation sites (tertiary alicyclic amines) is 1. The zero-order chi connectivity index (χ0) is 15.6. The molecular weight excluding hydrogens is 288 g/mol. The highest BCUT2D eigenvalue weighted by molar-refractivity contribution is 7.09. The molecule has 1 fully saturated rings. The summed E-state index contributed by atoms with van der Waals surface area (Å²) in [6.45, 7) is 6.79. The third-order valence-electron chi connectivity index (χ3n) is 3.63. The second kappa shape index (κ2) is 6.13. The number of aliphatic carboxylic acids is 1. The summed E-state index contributed by atoms with van der Waals surface area (Å²) in [5.74, 6) is -1.04. The molecule has 1 atom stereocenters. The van der Waals surface area contributed by atoms with Crippen LogP contribution in [0.15, 0.2) is 5.38 Å². The molecule has 1 aromatic rings. The molecule has 1 aromatic heterocycles. The maximum absolute atomic E-state index is 12.4. The van der Waals surface area contributed by atoms with E-state index in [0.29, 0.717) is 13.0 Å². The minimum atomic E-state index is -0.906. The molecule has 1 saturated heterocycles. The second-order valence-electron chi connectivity index (χ2n) is 6.51. The lowest BCUT2D eigenvalue weighted by Crippen LogP contribution is -2.48. The molecule has 0 unspecified atom stereocenters. The summed E-state index contributed by atoms with van der Waals surface area (Å²) in [6.07, 6.45) is 2.48. The summed E-state index contributed by atoms with van der Waals surface area (Å²) >= 11 is 1.55. The van der Waals surface area contributed by atoms with Crippen molar-refractivity contribution >= 4 is 23.2 Å². The fourth-order valence-electron chi connectivity index (χ4n) is 2.48. The van der Waals surface area contributed by atoms with E-state index < -0.39 is 12.0 Å². The predicted molar refractivity (Wildman–Crippen MR) is 81.5 cm³/mol. The average Bonchev–Trinajstić information content (AvgIpc) is 2.87. The Hall–Kier alpha value is -1.43. The van der Waals surface area contributed by atoms with E-state index >= 15 is 0 Å². The summed E-state index contributed by atoms with van der Waals surface area (Å²) in [4.78, 5) is 29.6. The van der Waals surface area contributed by atoms with Crippen molar-refractivity contribution in [2.24, 2.45) is 0 Å². The van der Waals surface area contributed by atoms with Gasteiger partial charge in [0, 0.05) is 17.3 Å². The Bertz CT molecular complexity index is 533. The number of carboxylic acid groups (broad SMARTS) is 1. The Morgan fingerprint density at radius 2 is 2.14 bits per heavy atom. The van der Waals surface area contributed by atoms with Crippen molar-refractivity contribution in [2.45, 2.75) is 57.9 Å². The zero-order valence-electron chi connectivity index (χ0n) is 12.8. The molecule has 0 spiro atoms. The Morgan fingerprint density at radius 1 is 1.43 bits per heavy atom. The van der Waals surface area contributed by atoms with Gasteiger partial charge in [-0.1, -0.05) is 20.8 Å². The zero-order valence-corrected chi connectivity index (χ0v) is 13.6. The number of carbonyl (C=O) groups excluding carboxylic acids is 1. The van der Waals surface area contributed by atoms with E-state index in [1.54, 1.807) is 11.3 Å². The smallest absolute Gasteiger partial charge is 0.326 e. The minimum Gasteiger partial charge on any atom is -0.480 e. The molecule has 0 saturated carbocycles. The monoisotopic (exact) mass is 310 g/mol. The van der Waals surface area contributed by atoms with Crippen LogP contribution in [-0.2, 0) is 21.4 Å². The van der Waals surface area contributed by atoms with Gasteiger partial charge in [0.1, 0.15) is 6.04 Å². The van der Waals surface area contributed by atoms with Gasteiger partial charge in [-0.05, 0) is 19.3 Å². The van der Waals surface area contributed by atoms with Gasteiger partial charge in [-0.3, -0.25) is 4.79 Å². The molecule has 0 bridgehead atoms. The normalized spacial score (nSPS) is 19.6. The lowest BCUT2D eigenvalue weighted by atomic mass is 9.98. The van der Waals surface area contributed by atoms with Crippen LogP contribution in [0.4, 0.5) is 0 Å². The highest BCUT2D eigenvalue weighted by atomic mass is 32.1. The van der Waals surface area contributed by atoms with Gasteiger partial charge in [0.15, 0.2) is 0 Å². The Labute approximate surface area is 129 Å².